The van der Waals surface area contributed by atoms with Gasteiger partial charge in [-0.2, -0.15) is 5.10 Å². The van der Waals surface area contributed by atoms with Gasteiger partial charge in [-0.25, -0.2) is 9.07 Å². The van der Waals surface area contributed by atoms with E-state index in [1.807, 2.05) is 60.7 Å². The van der Waals surface area contributed by atoms with Crippen LogP contribution in [0.25, 0.3) is 6.20 Å². The average Bonchev–Trinajstić information content (AvgIpc) is 3.45. The molecule has 2 atom stereocenters. The smallest absolute Gasteiger partial charge is 0.290 e. The van der Waals surface area contributed by atoms with Crippen LogP contribution >= 0.6 is 0 Å². The Morgan fingerprint density at radius 1 is 1.27 bits per heavy atom. The van der Waals surface area contributed by atoms with Crippen molar-refractivity contribution in [2.24, 2.45) is 5.73 Å². The van der Waals surface area contributed by atoms with Crippen molar-refractivity contribution in [1.29, 1.82) is 0 Å². The summed E-state index contributed by atoms with van der Waals surface area (Å²) in [7, 11) is 0. The normalized spacial score (nSPS) is 16.9. The maximum absolute atomic E-state index is 13.8. The highest BCUT2D eigenvalue weighted by Crippen LogP contribution is 2.31. The van der Waals surface area contributed by atoms with Crippen LogP contribution in [-0.2, 0) is 16.0 Å². The van der Waals surface area contributed by atoms with Crippen LogP contribution in [0.4, 0.5) is 4.39 Å². The lowest BCUT2D eigenvalue weighted by molar-refractivity contribution is -0.132. The van der Waals surface area contributed by atoms with E-state index in [2.05, 4.69) is 5.10 Å². The molecule has 2 aromatic rings. The van der Waals surface area contributed by atoms with Gasteiger partial charge in [-0.15, -0.1) is 0 Å². The first-order chi connectivity index (χ1) is 16.0. The third kappa shape index (κ3) is 8.16. The molecule has 1 amide bonds. The van der Waals surface area contributed by atoms with Gasteiger partial charge in [-0.05, 0) is 50.0 Å². The molecule has 8 heteroatoms. The summed E-state index contributed by atoms with van der Waals surface area (Å²) in [5.74, 6) is -0.278. The van der Waals surface area contributed by atoms with Crippen LogP contribution in [0.1, 0.15) is 43.5 Å². The molecular formula is C25H31FN4O3. The van der Waals surface area contributed by atoms with Gasteiger partial charge in [0.15, 0.2) is 0 Å². The lowest BCUT2D eigenvalue weighted by Gasteiger charge is -2.25. The van der Waals surface area contributed by atoms with Crippen LogP contribution in [0.15, 0.2) is 66.9 Å². The number of rotatable bonds is 8. The van der Waals surface area contributed by atoms with Gasteiger partial charge in [-0.1, -0.05) is 42.5 Å². The van der Waals surface area contributed by atoms with E-state index >= 15 is 0 Å². The lowest BCUT2D eigenvalue weighted by Crippen LogP contribution is -2.36. The number of hydrogen-bond donors (Lipinski definition) is 2. The van der Waals surface area contributed by atoms with Gasteiger partial charge in [0.05, 0.1) is 11.7 Å². The SMILES string of the molecule is CC=CC=CC=Cn1ccc([C@@H]2CCCN2C(=O)C[C@H](N)Cc2ccccc2F)n1.O=CO. The third-order valence-electron chi connectivity index (χ3n) is 5.18. The predicted molar refractivity (Wildman–Crippen MR) is 127 cm³/mol. The molecular weight excluding hydrogens is 423 g/mol. The average molecular weight is 455 g/mol. The predicted octanol–water partition coefficient (Wildman–Crippen LogP) is 3.95. The number of carbonyl (C=O) groups excluding carboxylic acids is 1. The van der Waals surface area contributed by atoms with Crippen molar-refractivity contribution in [2.45, 2.75) is 44.7 Å². The number of likely N-dealkylation sites (tertiary alicyclic amines) is 1. The Morgan fingerprint density at radius 3 is 2.73 bits per heavy atom. The summed E-state index contributed by atoms with van der Waals surface area (Å²) in [6.07, 6.45) is 15.8. The van der Waals surface area contributed by atoms with Crippen molar-refractivity contribution in [3.05, 3.63) is 84.0 Å². The van der Waals surface area contributed by atoms with E-state index in [1.54, 1.807) is 22.9 Å². The molecule has 1 aliphatic rings. The molecule has 0 radical (unpaired) electrons. The summed E-state index contributed by atoms with van der Waals surface area (Å²) in [6, 6.07) is 8.07. The zero-order chi connectivity index (χ0) is 24.1. The van der Waals surface area contributed by atoms with E-state index in [4.69, 9.17) is 15.6 Å². The second kappa shape index (κ2) is 13.8. The van der Waals surface area contributed by atoms with E-state index in [0.717, 1.165) is 18.5 Å². The van der Waals surface area contributed by atoms with Crippen molar-refractivity contribution in [3.8, 4) is 0 Å². The first-order valence-electron chi connectivity index (χ1n) is 10.9. The Labute approximate surface area is 193 Å². The summed E-state index contributed by atoms with van der Waals surface area (Å²) >= 11 is 0. The molecule has 1 saturated heterocycles. The monoisotopic (exact) mass is 454 g/mol. The summed E-state index contributed by atoms with van der Waals surface area (Å²) in [4.78, 5) is 23.1. The number of benzene rings is 1. The molecule has 1 aromatic carbocycles. The first-order valence-corrected chi connectivity index (χ1v) is 10.9. The maximum atomic E-state index is 13.8. The van der Waals surface area contributed by atoms with Crippen molar-refractivity contribution in [3.63, 3.8) is 0 Å². The molecule has 1 fully saturated rings. The zero-order valence-corrected chi connectivity index (χ0v) is 18.8. The van der Waals surface area contributed by atoms with E-state index in [1.165, 1.54) is 6.07 Å². The molecule has 7 nitrogen and oxygen atoms in total. The van der Waals surface area contributed by atoms with Crippen LogP contribution in [-0.4, -0.2) is 44.8 Å². The van der Waals surface area contributed by atoms with Crippen LogP contribution in [0.5, 0.6) is 0 Å². The Kier molecular flexibility index (Phi) is 10.8. The van der Waals surface area contributed by atoms with Gasteiger partial charge in [0.25, 0.3) is 6.47 Å². The molecule has 2 heterocycles. The van der Waals surface area contributed by atoms with Gasteiger partial charge in [0.2, 0.25) is 5.91 Å². The van der Waals surface area contributed by atoms with Crippen LogP contribution < -0.4 is 5.73 Å². The van der Waals surface area contributed by atoms with Gasteiger partial charge in [0, 0.05) is 31.4 Å². The lowest BCUT2D eigenvalue weighted by atomic mass is 10.0. The number of amides is 1. The summed E-state index contributed by atoms with van der Waals surface area (Å²) in [6.45, 7) is 2.42. The third-order valence-corrected chi connectivity index (χ3v) is 5.18. The van der Waals surface area contributed by atoms with Gasteiger partial charge < -0.3 is 15.7 Å². The zero-order valence-electron chi connectivity index (χ0n) is 18.8. The molecule has 0 aliphatic carbocycles. The minimum absolute atomic E-state index is 0.000664. The van der Waals surface area contributed by atoms with E-state index in [0.29, 0.717) is 18.5 Å². The van der Waals surface area contributed by atoms with Crippen molar-refractivity contribution < 1.29 is 19.1 Å². The Hall–Kier alpha value is -3.52. The van der Waals surface area contributed by atoms with Crippen LogP contribution in [0, 0.1) is 5.82 Å². The first kappa shape index (κ1) is 25.7. The molecule has 0 unspecified atom stereocenters. The standard InChI is InChI=1S/C24H29FN4O.CH2O2/c1-2-3-4-5-8-14-28-16-13-22(27-28)23-12-9-15-29(23)24(30)18-20(26)17-19-10-6-7-11-21(19)25;2-1-3/h2-8,10-11,13-14,16,20,23H,9,12,15,17-18,26H2,1H3;1H,(H,2,3)/t20-,23+;/m1./s1. The molecule has 1 aromatic heterocycles. The second-order valence-electron chi connectivity index (χ2n) is 7.58. The second-order valence-corrected chi connectivity index (χ2v) is 7.58. The Balaban J connectivity index is 0.00000122. The Bertz CT molecular complexity index is 984. The van der Waals surface area contributed by atoms with E-state index in [9.17, 15) is 9.18 Å². The fraction of sp³-hybridized carbons (Fsp3) is 0.320. The molecule has 0 bridgehead atoms. The number of halogens is 1. The number of hydrogen-bond acceptors (Lipinski definition) is 4. The molecule has 0 saturated carbocycles. The maximum Gasteiger partial charge on any atom is 0.290 e. The van der Waals surface area contributed by atoms with Crippen molar-refractivity contribution in [2.75, 3.05) is 6.54 Å². The number of carbonyl (C=O) groups is 2. The highest BCUT2D eigenvalue weighted by atomic mass is 19.1. The summed E-state index contributed by atoms with van der Waals surface area (Å²) in [5.41, 5.74) is 7.59. The van der Waals surface area contributed by atoms with Crippen molar-refractivity contribution >= 4 is 18.6 Å². The number of nitrogens with zero attached hydrogens (tertiary/aromatic N) is 3. The highest BCUT2D eigenvalue weighted by molar-refractivity contribution is 5.77. The quantitative estimate of drug-likeness (QED) is 0.465. The molecule has 3 rings (SSSR count). The molecule has 176 valence electrons. The molecule has 3 N–H and O–H groups in total. The number of nitrogens with two attached hydrogens (primary N) is 1. The summed E-state index contributed by atoms with van der Waals surface area (Å²) < 4.78 is 15.6. The number of allylic oxidation sites excluding steroid dienone is 5. The summed E-state index contributed by atoms with van der Waals surface area (Å²) in [5, 5.41) is 11.5. The topological polar surface area (TPSA) is 101 Å². The molecule has 1 aliphatic heterocycles. The highest BCUT2D eigenvalue weighted by Gasteiger charge is 2.32. The van der Waals surface area contributed by atoms with Crippen molar-refractivity contribution in [1.82, 2.24) is 14.7 Å². The fourth-order valence-electron chi connectivity index (χ4n) is 3.72. The van der Waals surface area contributed by atoms with Gasteiger partial charge >= 0.3 is 0 Å². The minimum Gasteiger partial charge on any atom is -0.483 e. The van der Waals surface area contributed by atoms with E-state index < -0.39 is 6.04 Å². The molecule has 0 spiro atoms. The Morgan fingerprint density at radius 2 is 2.00 bits per heavy atom. The van der Waals surface area contributed by atoms with Crippen LogP contribution in [0.3, 0.4) is 0 Å². The fourth-order valence-corrected chi connectivity index (χ4v) is 3.72. The van der Waals surface area contributed by atoms with Gasteiger partial charge in [0.1, 0.15) is 5.82 Å². The minimum atomic E-state index is -0.417. The molecule has 33 heavy (non-hydrogen) atoms. The van der Waals surface area contributed by atoms with E-state index in [-0.39, 0.29) is 30.7 Å². The van der Waals surface area contributed by atoms with Gasteiger partial charge in [-0.3, -0.25) is 9.59 Å². The number of aromatic nitrogens is 2. The largest absolute Gasteiger partial charge is 0.483 e. The van der Waals surface area contributed by atoms with Crippen LogP contribution in [0.2, 0.25) is 0 Å². The number of carboxylic acid groups (broad SMARTS) is 1.